The summed E-state index contributed by atoms with van der Waals surface area (Å²) >= 11 is 0. The Morgan fingerprint density at radius 2 is 2.08 bits per heavy atom. The van der Waals surface area contributed by atoms with E-state index in [2.05, 4.69) is 14.8 Å². The molecular weight excluding hydrogens is 306 g/mol. The van der Waals surface area contributed by atoms with E-state index >= 15 is 0 Å². The maximum Gasteiger partial charge on any atom is 0.312 e. The minimum Gasteiger partial charge on any atom is -0.493 e. The molecule has 1 atom stereocenters. The summed E-state index contributed by atoms with van der Waals surface area (Å²) < 4.78 is 11.1. The second-order valence-corrected chi connectivity index (χ2v) is 7.24. The minimum atomic E-state index is -0.311. The van der Waals surface area contributed by atoms with E-state index in [0.29, 0.717) is 0 Å². The van der Waals surface area contributed by atoms with Crippen LogP contribution in [0.3, 0.4) is 0 Å². The molecule has 0 aromatic carbocycles. The highest BCUT2D eigenvalue weighted by Gasteiger charge is 2.50. The number of carbonyl (C=O) groups excluding carboxylic acids is 1. The molecule has 0 radical (unpaired) electrons. The van der Waals surface area contributed by atoms with Gasteiger partial charge in [-0.3, -0.25) is 4.79 Å². The van der Waals surface area contributed by atoms with Crippen LogP contribution in [-0.2, 0) is 9.53 Å². The molecular formula is C18H27N3O3. The molecule has 0 bridgehead atoms. The first-order valence-corrected chi connectivity index (χ1v) is 8.56. The number of aromatic nitrogens is 1. The number of nitrogens with zero attached hydrogens (tertiary/aromatic N) is 3. The number of likely N-dealkylation sites (N-methyl/N-ethyl adjacent to an activating group) is 1. The fraction of sp³-hybridized carbons (Fsp3) is 0.667. The van der Waals surface area contributed by atoms with Gasteiger partial charge in [0.15, 0.2) is 11.6 Å². The fourth-order valence-corrected chi connectivity index (χ4v) is 3.82. The maximum atomic E-state index is 12.5. The average Bonchev–Trinajstić information content (AvgIpc) is 2.82. The van der Waals surface area contributed by atoms with Crippen molar-refractivity contribution in [1.82, 2.24) is 9.88 Å². The van der Waals surface area contributed by atoms with E-state index in [1.807, 2.05) is 33.2 Å². The molecule has 2 fully saturated rings. The Labute approximate surface area is 143 Å². The quantitative estimate of drug-likeness (QED) is 0.784. The third kappa shape index (κ3) is 3.20. The van der Waals surface area contributed by atoms with Crippen molar-refractivity contribution in [3.05, 3.63) is 17.8 Å². The van der Waals surface area contributed by atoms with Gasteiger partial charge in [0.25, 0.3) is 0 Å². The molecule has 3 heterocycles. The molecule has 0 aliphatic carbocycles. The molecule has 2 aliphatic heterocycles. The van der Waals surface area contributed by atoms with Crippen molar-refractivity contribution in [2.24, 2.45) is 5.41 Å². The van der Waals surface area contributed by atoms with Crippen LogP contribution in [0, 0.1) is 12.3 Å². The first-order chi connectivity index (χ1) is 11.4. The van der Waals surface area contributed by atoms with Gasteiger partial charge in [-0.05, 0) is 46.0 Å². The topological polar surface area (TPSA) is 54.9 Å². The molecule has 1 spiro atoms. The van der Waals surface area contributed by atoms with Gasteiger partial charge >= 0.3 is 5.97 Å². The highest BCUT2D eigenvalue weighted by atomic mass is 16.6. The molecule has 0 amide bonds. The van der Waals surface area contributed by atoms with Crippen LogP contribution >= 0.6 is 0 Å². The van der Waals surface area contributed by atoms with Crippen molar-refractivity contribution < 1.29 is 14.3 Å². The minimum absolute atomic E-state index is 0.0156. The predicted molar refractivity (Wildman–Crippen MR) is 92.5 cm³/mol. The molecule has 1 aromatic heterocycles. The molecule has 0 N–H and O–H groups in total. The van der Waals surface area contributed by atoms with Gasteiger partial charge in [-0.2, -0.15) is 0 Å². The summed E-state index contributed by atoms with van der Waals surface area (Å²) in [6, 6.07) is 3.91. The van der Waals surface area contributed by atoms with Gasteiger partial charge in [-0.25, -0.2) is 4.98 Å². The SMILES string of the molecule is COc1ccc(C)nc1N1CCC2(CC1)CC(CN(C)C)OC2=O. The number of methoxy groups -OCH3 is 1. The Morgan fingerprint density at radius 1 is 1.38 bits per heavy atom. The molecule has 1 aromatic rings. The van der Waals surface area contributed by atoms with Gasteiger partial charge < -0.3 is 19.3 Å². The zero-order chi connectivity index (χ0) is 17.3. The average molecular weight is 333 g/mol. The summed E-state index contributed by atoms with van der Waals surface area (Å²) in [5, 5.41) is 0. The number of rotatable bonds is 4. The van der Waals surface area contributed by atoms with Crippen molar-refractivity contribution in [3.8, 4) is 5.75 Å². The monoisotopic (exact) mass is 333 g/mol. The van der Waals surface area contributed by atoms with Gasteiger partial charge in [-0.1, -0.05) is 0 Å². The Kier molecular flexibility index (Phi) is 4.67. The number of carbonyl (C=O) groups is 1. The molecule has 132 valence electrons. The highest BCUT2D eigenvalue weighted by molar-refractivity contribution is 5.79. The third-order valence-corrected chi connectivity index (χ3v) is 5.11. The Hall–Kier alpha value is -1.82. The number of hydrogen-bond acceptors (Lipinski definition) is 6. The summed E-state index contributed by atoms with van der Waals surface area (Å²) in [4.78, 5) is 21.4. The summed E-state index contributed by atoms with van der Waals surface area (Å²) in [5.41, 5.74) is 0.659. The van der Waals surface area contributed by atoms with E-state index in [9.17, 15) is 4.79 Å². The number of cyclic esters (lactones) is 1. The summed E-state index contributed by atoms with van der Waals surface area (Å²) in [5.74, 6) is 1.65. The number of anilines is 1. The van der Waals surface area contributed by atoms with E-state index in [-0.39, 0.29) is 17.5 Å². The van der Waals surface area contributed by atoms with Crippen LogP contribution in [0.1, 0.15) is 25.0 Å². The lowest BCUT2D eigenvalue weighted by molar-refractivity contribution is -0.150. The van der Waals surface area contributed by atoms with Gasteiger partial charge in [0, 0.05) is 31.7 Å². The fourth-order valence-electron chi connectivity index (χ4n) is 3.82. The van der Waals surface area contributed by atoms with Crippen molar-refractivity contribution >= 4 is 11.8 Å². The molecule has 1 unspecified atom stereocenters. The van der Waals surface area contributed by atoms with Gasteiger partial charge in [0.1, 0.15) is 6.10 Å². The number of hydrogen-bond donors (Lipinski definition) is 0. The molecule has 0 saturated carbocycles. The molecule has 6 heteroatoms. The molecule has 6 nitrogen and oxygen atoms in total. The highest BCUT2D eigenvalue weighted by Crippen LogP contribution is 2.44. The second kappa shape index (κ2) is 6.59. The standard InChI is InChI=1S/C18H27N3O3/c1-13-5-6-15(23-4)16(19-13)21-9-7-18(8-10-21)11-14(12-20(2)3)24-17(18)22/h5-6,14H,7-12H2,1-4H3. The van der Waals surface area contributed by atoms with Crippen LogP contribution in [0.4, 0.5) is 5.82 Å². The lowest BCUT2D eigenvalue weighted by Gasteiger charge is -2.37. The van der Waals surface area contributed by atoms with E-state index in [1.54, 1.807) is 7.11 Å². The van der Waals surface area contributed by atoms with Crippen LogP contribution in [-0.4, -0.2) is 62.8 Å². The van der Waals surface area contributed by atoms with Crippen LogP contribution < -0.4 is 9.64 Å². The van der Waals surface area contributed by atoms with E-state index in [1.165, 1.54) is 0 Å². The summed E-state index contributed by atoms with van der Waals surface area (Å²) in [7, 11) is 5.69. The largest absolute Gasteiger partial charge is 0.493 e. The Balaban J connectivity index is 1.70. The predicted octanol–water partition coefficient (Wildman–Crippen LogP) is 1.86. The maximum absolute atomic E-state index is 12.5. The van der Waals surface area contributed by atoms with Crippen LogP contribution in [0.15, 0.2) is 12.1 Å². The third-order valence-electron chi connectivity index (χ3n) is 5.11. The van der Waals surface area contributed by atoms with Crippen LogP contribution in [0.2, 0.25) is 0 Å². The lowest BCUT2D eigenvalue weighted by Crippen LogP contribution is -2.43. The van der Waals surface area contributed by atoms with Crippen molar-refractivity contribution in [2.45, 2.75) is 32.3 Å². The Bertz CT molecular complexity index is 610. The second-order valence-electron chi connectivity index (χ2n) is 7.24. The lowest BCUT2D eigenvalue weighted by atomic mass is 9.76. The van der Waals surface area contributed by atoms with Crippen LogP contribution in [0.25, 0.3) is 0 Å². The number of esters is 1. The van der Waals surface area contributed by atoms with Gasteiger partial charge in [0.05, 0.1) is 12.5 Å². The number of pyridine rings is 1. The summed E-state index contributed by atoms with van der Waals surface area (Å²) in [6.45, 7) is 4.38. The molecule has 24 heavy (non-hydrogen) atoms. The zero-order valence-electron chi connectivity index (χ0n) is 15.0. The molecule has 3 rings (SSSR count). The van der Waals surface area contributed by atoms with Gasteiger partial charge in [-0.15, -0.1) is 0 Å². The van der Waals surface area contributed by atoms with Crippen molar-refractivity contribution in [3.63, 3.8) is 0 Å². The first-order valence-electron chi connectivity index (χ1n) is 8.56. The normalized spacial score (nSPS) is 23.0. The van der Waals surface area contributed by atoms with Gasteiger partial charge in [0.2, 0.25) is 0 Å². The first kappa shape index (κ1) is 17.0. The van der Waals surface area contributed by atoms with E-state index in [0.717, 1.165) is 56.2 Å². The van der Waals surface area contributed by atoms with Crippen LogP contribution in [0.5, 0.6) is 5.75 Å². The van der Waals surface area contributed by atoms with E-state index in [4.69, 9.17) is 9.47 Å². The van der Waals surface area contributed by atoms with Crippen molar-refractivity contribution in [1.29, 1.82) is 0 Å². The smallest absolute Gasteiger partial charge is 0.312 e. The summed E-state index contributed by atoms with van der Waals surface area (Å²) in [6.07, 6.45) is 2.48. The Morgan fingerprint density at radius 3 is 2.71 bits per heavy atom. The molecule has 2 aliphatic rings. The number of ether oxygens (including phenoxy) is 2. The van der Waals surface area contributed by atoms with Crippen molar-refractivity contribution in [2.75, 3.05) is 45.7 Å². The van der Waals surface area contributed by atoms with E-state index < -0.39 is 0 Å². The number of aryl methyl sites for hydroxylation is 1. The molecule has 2 saturated heterocycles. The zero-order valence-corrected chi connectivity index (χ0v) is 15.0. The number of piperidine rings is 1.